The Bertz CT molecular complexity index is 1470. The highest BCUT2D eigenvalue weighted by Crippen LogP contribution is 2.33. The molecule has 2 amide bonds. The standard InChI is InChI=1S/C30H33N5O3/c1-30(2,3)22-13-14-26-21(15-22)16-23(19-34(26)18-20-9-6-5-7-10-20)32-28(36)33-25-11-8-12-27-24(25)17-31-35(27)29(37)38-4/h5-15,17,23H,16,18-19H2,1-4H3,(H2,32,33,36). The second-order valence-electron chi connectivity index (χ2n) is 10.7. The molecule has 1 aromatic heterocycles. The first-order chi connectivity index (χ1) is 18.2. The first-order valence-corrected chi connectivity index (χ1v) is 12.8. The molecule has 8 nitrogen and oxygen atoms in total. The molecule has 1 unspecified atom stereocenters. The van der Waals surface area contributed by atoms with Crippen molar-refractivity contribution in [2.24, 2.45) is 0 Å². The summed E-state index contributed by atoms with van der Waals surface area (Å²) in [6.07, 6.45) is 1.70. The predicted octanol–water partition coefficient (Wildman–Crippen LogP) is 5.70. The largest absolute Gasteiger partial charge is 0.451 e. The third-order valence-electron chi connectivity index (χ3n) is 6.95. The van der Waals surface area contributed by atoms with E-state index in [-0.39, 0.29) is 17.5 Å². The van der Waals surface area contributed by atoms with Gasteiger partial charge in [0, 0.05) is 24.2 Å². The Kier molecular flexibility index (Phi) is 6.80. The van der Waals surface area contributed by atoms with Gasteiger partial charge in [-0.15, -0.1) is 0 Å². The van der Waals surface area contributed by atoms with Crippen LogP contribution >= 0.6 is 0 Å². The van der Waals surface area contributed by atoms with Crippen LogP contribution in [0.25, 0.3) is 10.9 Å². The van der Waals surface area contributed by atoms with Gasteiger partial charge in [0.1, 0.15) is 0 Å². The lowest BCUT2D eigenvalue weighted by Crippen LogP contribution is -2.49. The van der Waals surface area contributed by atoms with Crippen molar-refractivity contribution < 1.29 is 14.3 Å². The molecule has 0 aliphatic carbocycles. The fourth-order valence-corrected chi connectivity index (χ4v) is 5.00. The molecule has 0 bridgehead atoms. The van der Waals surface area contributed by atoms with Gasteiger partial charge in [-0.2, -0.15) is 9.78 Å². The molecule has 0 fully saturated rings. The number of amides is 2. The number of carbonyl (C=O) groups is 2. The van der Waals surface area contributed by atoms with Crippen molar-refractivity contribution in [1.29, 1.82) is 0 Å². The molecule has 1 aliphatic heterocycles. The zero-order valence-corrected chi connectivity index (χ0v) is 22.2. The Balaban J connectivity index is 1.37. The molecular formula is C30H33N5O3. The maximum Gasteiger partial charge on any atom is 0.434 e. The van der Waals surface area contributed by atoms with E-state index < -0.39 is 6.09 Å². The monoisotopic (exact) mass is 511 g/mol. The summed E-state index contributed by atoms with van der Waals surface area (Å²) < 4.78 is 5.96. The Morgan fingerprint density at radius 2 is 1.84 bits per heavy atom. The Labute approximate surface area is 222 Å². The average molecular weight is 512 g/mol. The minimum atomic E-state index is -0.587. The fraction of sp³-hybridized carbons (Fsp3) is 0.300. The Morgan fingerprint density at radius 1 is 1.05 bits per heavy atom. The molecule has 0 radical (unpaired) electrons. The van der Waals surface area contributed by atoms with Crippen LogP contribution in [0.4, 0.5) is 21.0 Å². The van der Waals surface area contributed by atoms with E-state index in [9.17, 15) is 9.59 Å². The summed E-state index contributed by atoms with van der Waals surface area (Å²) >= 11 is 0. The number of methoxy groups -OCH3 is 1. The lowest BCUT2D eigenvalue weighted by atomic mass is 9.84. The zero-order valence-electron chi connectivity index (χ0n) is 22.2. The molecule has 3 aromatic carbocycles. The van der Waals surface area contributed by atoms with Crippen molar-refractivity contribution in [3.63, 3.8) is 0 Å². The van der Waals surface area contributed by atoms with Gasteiger partial charge in [0.05, 0.1) is 30.6 Å². The van der Waals surface area contributed by atoms with Gasteiger partial charge in [0.2, 0.25) is 0 Å². The van der Waals surface area contributed by atoms with Crippen LogP contribution in [-0.4, -0.2) is 41.6 Å². The molecule has 1 aliphatic rings. The van der Waals surface area contributed by atoms with Gasteiger partial charge in [0.25, 0.3) is 0 Å². The van der Waals surface area contributed by atoms with Crippen LogP contribution in [0.1, 0.15) is 37.5 Å². The molecule has 4 aromatic rings. The van der Waals surface area contributed by atoms with Gasteiger partial charge < -0.3 is 20.3 Å². The molecule has 0 saturated heterocycles. The Hall–Kier alpha value is -4.33. The fourth-order valence-electron chi connectivity index (χ4n) is 5.00. The summed E-state index contributed by atoms with van der Waals surface area (Å²) in [5.41, 5.74) is 6.09. The molecule has 196 valence electrons. The van der Waals surface area contributed by atoms with Crippen molar-refractivity contribution in [3.8, 4) is 0 Å². The van der Waals surface area contributed by atoms with Crippen molar-refractivity contribution in [1.82, 2.24) is 15.1 Å². The number of nitrogens with one attached hydrogen (secondary N) is 2. The molecule has 0 saturated carbocycles. The van der Waals surface area contributed by atoms with Gasteiger partial charge in [0.15, 0.2) is 0 Å². The van der Waals surface area contributed by atoms with Crippen LogP contribution in [0.3, 0.4) is 0 Å². The van der Waals surface area contributed by atoms with E-state index in [0.29, 0.717) is 23.1 Å². The lowest BCUT2D eigenvalue weighted by molar-refractivity contribution is 0.170. The van der Waals surface area contributed by atoms with E-state index >= 15 is 0 Å². The van der Waals surface area contributed by atoms with Crippen molar-refractivity contribution in [2.45, 2.75) is 45.2 Å². The number of aromatic nitrogens is 2. The van der Waals surface area contributed by atoms with E-state index in [2.05, 4.69) is 83.9 Å². The smallest absolute Gasteiger partial charge is 0.434 e. The molecule has 1 atom stereocenters. The first kappa shape index (κ1) is 25.3. The van der Waals surface area contributed by atoms with Crippen LogP contribution < -0.4 is 15.5 Å². The Morgan fingerprint density at radius 3 is 2.58 bits per heavy atom. The summed E-state index contributed by atoms with van der Waals surface area (Å²) in [6, 6.07) is 22.0. The number of nitrogens with zero attached hydrogens (tertiary/aromatic N) is 3. The SMILES string of the molecule is COC(=O)n1ncc2c(NC(=O)NC3Cc4cc(C(C)(C)C)ccc4N(Cc4ccccc4)C3)cccc21. The summed E-state index contributed by atoms with van der Waals surface area (Å²) in [7, 11) is 1.30. The molecule has 8 heteroatoms. The third kappa shape index (κ3) is 5.20. The maximum atomic E-state index is 13.2. The van der Waals surface area contributed by atoms with E-state index in [1.165, 1.54) is 34.2 Å². The van der Waals surface area contributed by atoms with Crippen molar-refractivity contribution in [2.75, 3.05) is 23.9 Å². The number of hydrogen-bond acceptors (Lipinski definition) is 5. The molecule has 38 heavy (non-hydrogen) atoms. The van der Waals surface area contributed by atoms with Crippen molar-refractivity contribution in [3.05, 3.63) is 89.6 Å². The number of fused-ring (bicyclic) bond motifs is 2. The average Bonchev–Trinajstić information content (AvgIpc) is 3.33. The second kappa shape index (κ2) is 10.2. The van der Waals surface area contributed by atoms with Gasteiger partial charge >= 0.3 is 12.1 Å². The minimum absolute atomic E-state index is 0.0321. The maximum absolute atomic E-state index is 13.2. The molecule has 5 rings (SSSR count). The number of hydrogen-bond donors (Lipinski definition) is 2. The van der Waals surface area contributed by atoms with Crippen LogP contribution in [0, 0.1) is 0 Å². The summed E-state index contributed by atoms with van der Waals surface area (Å²) in [5.74, 6) is 0. The highest BCUT2D eigenvalue weighted by Gasteiger charge is 2.27. The van der Waals surface area contributed by atoms with Crippen LogP contribution in [0.2, 0.25) is 0 Å². The lowest BCUT2D eigenvalue weighted by Gasteiger charge is -2.37. The normalized spacial score (nSPS) is 15.2. The highest BCUT2D eigenvalue weighted by molar-refractivity contribution is 6.02. The van der Waals surface area contributed by atoms with Gasteiger partial charge in [-0.05, 0) is 46.7 Å². The van der Waals surface area contributed by atoms with Gasteiger partial charge in [-0.3, -0.25) is 0 Å². The zero-order chi connectivity index (χ0) is 26.9. The number of rotatable bonds is 4. The third-order valence-corrected chi connectivity index (χ3v) is 6.95. The minimum Gasteiger partial charge on any atom is -0.451 e. The van der Waals surface area contributed by atoms with E-state index in [1.54, 1.807) is 24.4 Å². The number of ether oxygens (including phenoxy) is 1. The van der Waals surface area contributed by atoms with Crippen LogP contribution in [0.5, 0.6) is 0 Å². The molecular weight excluding hydrogens is 478 g/mol. The summed E-state index contributed by atoms with van der Waals surface area (Å²) in [4.78, 5) is 27.5. The summed E-state index contributed by atoms with van der Waals surface area (Å²) in [5, 5.41) is 10.9. The number of carbonyl (C=O) groups excluding carboxylic acids is 2. The first-order valence-electron chi connectivity index (χ1n) is 12.8. The van der Waals surface area contributed by atoms with Crippen LogP contribution in [-0.2, 0) is 23.1 Å². The van der Waals surface area contributed by atoms with Crippen molar-refractivity contribution >= 4 is 34.4 Å². The second-order valence-corrected chi connectivity index (χ2v) is 10.7. The topological polar surface area (TPSA) is 88.5 Å². The summed E-state index contributed by atoms with van der Waals surface area (Å²) in [6.45, 7) is 8.09. The van der Waals surface area contributed by atoms with Crippen LogP contribution in [0.15, 0.2) is 72.9 Å². The van der Waals surface area contributed by atoms with E-state index in [0.717, 1.165) is 13.0 Å². The van der Waals surface area contributed by atoms with E-state index in [1.807, 2.05) is 6.07 Å². The number of urea groups is 1. The van der Waals surface area contributed by atoms with Gasteiger partial charge in [-0.25, -0.2) is 9.59 Å². The molecule has 2 heterocycles. The van der Waals surface area contributed by atoms with E-state index in [4.69, 9.17) is 4.74 Å². The quantitative estimate of drug-likeness (QED) is 0.367. The van der Waals surface area contributed by atoms with Gasteiger partial charge in [-0.1, -0.05) is 69.3 Å². The molecule has 0 spiro atoms. The number of benzene rings is 3. The predicted molar refractivity (Wildman–Crippen MR) is 150 cm³/mol. The number of anilines is 2. The highest BCUT2D eigenvalue weighted by atomic mass is 16.5. The molecule has 2 N–H and O–H groups in total.